The molecule has 0 atom stereocenters. The quantitative estimate of drug-likeness (QED) is 0.383. The second-order valence-corrected chi connectivity index (χ2v) is 12.3. The molecule has 3 fully saturated rings. The molecule has 3 aromatic rings. The molecule has 0 aliphatic carbocycles. The molecular formula is C34H36F3N3O4. The Kier molecular flexibility index (Phi) is 8.15. The van der Waals surface area contributed by atoms with Crippen LogP contribution in [0, 0.1) is 0 Å². The number of carbonyl (C=O) groups is 2. The molecule has 7 nitrogen and oxygen atoms in total. The van der Waals surface area contributed by atoms with E-state index in [1.165, 1.54) is 12.1 Å². The Balaban J connectivity index is 0.987. The number of piperidine rings is 2. The Bertz CT molecular complexity index is 1460. The third-order valence-corrected chi connectivity index (χ3v) is 9.26. The van der Waals surface area contributed by atoms with Crippen LogP contribution < -0.4 is 0 Å². The van der Waals surface area contributed by atoms with E-state index >= 15 is 0 Å². The highest BCUT2D eigenvalue weighted by molar-refractivity contribution is 5.94. The maximum atomic E-state index is 13.2. The van der Waals surface area contributed by atoms with E-state index in [9.17, 15) is 27.9 Å². The van der Waals surface area contributed by atoms with Crippen LogP contribution in [-0.2, 0) is 29.6 Å². The number of hydrogen-bond donors (Lipinski definition) is 1. The lowest BCUT2D eigenvalue weighted by molar-refractivity contribution is -0.137. The molecule has 0 bridgehead atoms. The van der Waals surface area contributed by atoms with Crippen LogP contribution in [0.1, 0.15) is 58.3 Å². The van der Waals surface area contributed by atoms with E-state index in [0.29, 0.717) is 77.1 Å². The van der Waals surface area contributed by atoms with Crippen molar-refractivity contribution in [2.45, 2.75) is 56.2 Å². The zero-order chi connectivity index (χ0) is 31.0. The van der Waals surface area contributed by atoms with E-state index in [1.807, 2.05) is 42.5 Å². The number of amides is 2. The van der Waals surface area contributed by atoms with Gasteiger partial charge in [0.25, 0.3) is 5.91 Å². The van der Waals surface area contributed by atoms with E-state index in [4.69, 9.17) is 4.74 Å². The molecule has 6 rings (SSSR count). The van der Waals surface area contributed by atoms with Gasteiger partial charge in [-0.3, -0.25) is 14.6 Å². The summed E-state index contributed by atoms with van der Waals surface area (Å²) in [6.45, 7) is 3.68. The fourth-order valence-electron chi connectivity index (χ4n) is 6.52. The maximum Gasteiger partial charge on any atom is 0.416 e. The molecule has 2 amide bonds. The van der Waals surface area contributed by atoms with Gasteiger partial charge < -0.3 is 14.7 Å². The van der Waals surface area contributed by atoms with Crippen LogP contribution in [0.3, 0.4) is 0 Å². The first-order valence-electron chi connectivity index (χ1n) is 15.0. The first kappa shape index (κ1) is 30.1. The number of halogens is 3. The third kappa shape index (κ3) is 6.46. The maximum absolute atomic E-state index is 13.2. The van der Waals surface area contributed by atoms with Gasteiger partial charge in [-0.1, -0.05) is 54.6 Å². The van der Waals surface area contributed by atoms with Gasteiger partial charge in [-0.2, -0.15) is 13.2 Å². The van der Waals surface area contributed by atoms with Crippen molar-refractivity contribution in [1.29, 1.82) is 0 Å². The number of nitrogens with zero attached hydrogens (tertiary/aromatic N) is 3. The van der Waals surface area contributed by atoms with Crippen molar-refractivity contribution in [2.75, 3.05) is 32.7 Å². The first-order chi connectivity index (χ1) is 21.0. The minimum atomic E-state index is -4.35. The minimum absolute atomic E-state index is 0.0748. The van der Waals surface area contributed by atoms with Gasteiger partial charge in [0.15, 0.2) is 0 Å². The van der Waals surface area contributed by atoms with Gasteiger partial charge in [0.1, 0.15) is 5.60 Å². The Hall–Kier alpha value is -3.89. The molecule has 3 saturated heterocycles. The highest BCUT2D eigenvalue weighted by Crippen LogP contribution is 2.36. The van der Waals surface area contributed by atoms with Crippen molar-refractivity contribution in [1.82, 2.24) is 14.7 Å². The monoisotopic (exact) mass is 607 g/mol. The smallest absolute Gasteiger partial charge is 0.416 e. The molecule has 10 heteroatoms. The summed E-state index contributed by atoms with van der Waals surface area (Å²) in [5.41, 5.74) is 1.01. The number of carbonyl (C=O) groups excluding carboxylic acids is 2. The van der Waals surface area contributed by atoms with Crippen molar-refractivity contribution in [3.05, 3.63) is 107 Å². The third-order valence-electron chi connectivity index (χ3n) is 9.26. The average Bonchev–Trinajstić information content (AvgIpc) is 3.32. The predicted molar refractivity (Wildman–Crippen MR) is 157 cm³/mol. The number of benzene rings is 3. The van der Waals surface area contributed by atoms with Crippen LogP contribution in [0.15, 0.2) is 78.9 Å². The summed E-state index contributed by atoms with van der Waals surface area (Å²) in [4.78, 5) is 31.6. The second kappa shape index (κ2) is 11.9. The van der Waals surface area contributed by atoms with Crippen LogP contribution in [0.2, 0.25) is 0 Å². The molecule has 0 unspecified atom stereocenters. The van der Waals surface area contributed by atoms with Crippen LogP contribution in [0.25, 0.3) is 0 Å². The Labute approximate surface area is 254 Å². The second-order valence-electron chi connectivity index (χ2n) is 12.3. The van der Waals surface area contributed by atoms with E-state index in [-0.39, 0.29) is 12.0 Å². The van der Waals surface area contributed by atoms with Gasteiger partial charge in [-0.25, -0.2) is 4.79 Å². The summed E-state index contributed by atoms with van der Waals surface area (Å²) >= 11 is 0. The minimum Gasteiger partial charge on any atom is -0.441 e. The van der Waals surface area contributed by atoms with E-state index in [2.05, 4.69) is 4.90 Å². The van der Waals surface area contributed by atoms with Gasteiger partial charge in [-0.15, -0.1) is 0 Å². The zero-order valence-corrected chi connectivity index (χ0v) is 24.4. The Morgan fingerprint density at radius 1 is 0.795 bits per heavy atom. The lowest BCUT2D eigenvalue weighted by atomic mass is 9.84. The fourth-order valence-corrected chi connectivity index (χ4v) is 6.52. The number of hydrogen-bond acceptors (Lipinski definition) is 5. The summed E-state index contributed by atoms with van der Waals surface area (Å²) in [7, 11) is 0. The van der Waals surface area contributed by atoms with E-state index in [0.717, 1.165) is 28.8 Å². The van der Waals surface area contributed by atoms with Crippen molar-refractivity contribution in [3.8, 4) is 0 Å². The first-order valence-corrected chi connectivity index (χ1v) is 15.0. The lowest BCUT2D eigenvalue weighted by Crippen LogP contribution is -2.46. The molecule has 3 aromatic carbocycles. The fraction of sp³-hybridized carbons (Fsp3) is 0.412. The summed E-state index contributed by atoms with van der Waals surface area (Å²) in [6, 6.07) is 22.1. The van der Waals surface area contributed by atoms with Crippen molar-refractivity contribution < 1.29 is 32.6 Å². The number of alkyl halides is 3. The molecule has 0 saturated carbocycles. The molecule has 3 aliphatic heterocycles. The van der Waals surface area contributed by atoms with Crippen molar-refractivity contribution in [3.63, 3.8) is 0 Å². The topological polar surface area (TPSA) is 73.3 Å². The number of rotatable bonds is 6. The van der Waals surface area contributed by atoms with Gasteiger partial charge >= 0.3 is 12.3 Å². The number of likely N-dealkylation sites (tertiary alicyclic amines) is 2. The molecule has 44 heavy (non-hydrogen) atoms. The summed E-state index contributed by atoms with van der Waals surface area (Å²) < 4.78 is 44.4. The van der Waals surface area contributed by atoms with Crippen LogP contribution in [0.5, 0.6) is 0 Å². The molecule has 1 N–H and O–H groups in total. The molecule has 0 aromatic heterocycles. The van der Waals surface area contributed by atoms with Gasteiger partial charge in [-0.05, 0) is 53.8 Å². The van der Waals surface area contributed by atoms with Crippen molar-refractivity contribution in [2.24, 2.45) is 0 Å². The predicted octanol–water partition coefficient (Wildman–Crippen LogP) is 5.82. The van der Waals surface area contributed by atoms with Gasteiger partial charge in [0.05, 0.1) is 17.7 Å². The molecule has 0 radical (unpaired) electrons. The van der Waals surface area contributed by atoms with Crippen LogP contribution in [-0.4, -0.2) is 70.1 Å². The Morgan fingerprint density at radius 3 is 2.00 bits per heavy atom. The molecule has 1 spiro atoms. The SMILES string of the molecule is O=C1OC2(CCN(Cc3ccc(C(F)(F)F)cc3)CC2)CN1Cc1ccc(C(=O)N2CCC(O)(c3ccccc3)CC2)cc1. The van der Waals surface area contributed by atoms with Crippen LogP contribution in [0.4, 0.5) is 18.0 Å². The van der Waals surface area contributed by atoms with Gasteiger partial charge in [0.2, 0.25) is 0 Å². The van der Waals surface area contributed by atoms with E-state index in [1.54, 1.807) is 21.9 Å². The number of aliphatic hydroxyl groups is 1. The largest absolute Gasteiger partial charge is 0.441 e. The highest BCUT2D eigenvalue weighted by atomic mass is 19.4. The molecule has 3 heterocycles. The highest BCUT2D eigenvalue weighted by Gasteiger charge is 2.47. The molecular weight excluding hydrogens is 571 g/mol. The molecule has 3 aliphatic rings. The summed E-state index contributed by atoms with van der Waals surface area (Å²) in [5, 5.41) is 11.1. The van der Waals surface area contributed by atoms with Gasteiger partial charge in [0, 0.05) is 57.7 Å². The standard InChI is InChI=1S/C34H36F3N3O4/c35-34(36,37)29-12-8-25(9-13-29)22-38-18-14-32(15-19-38)24-40(31(42)44-32)23-26-6-10-27(11-7-26)30(41)39-20-16-33(43,17-21-39)28-4-2-1-3-5-28/h1-13,43H,14-24H2. The average molecular weight is 608 g/mol. The summed E-state index contributed by atoms with van der Waals surface area (Å²) in [6.07, 6.45) is -2.45. The summed E-state index contributed by atoms with van der Waals surface area (Å²) in [5.74, 6) is -0.0748. The zero-order valence-electron chi connectivity index (χ0n) is 24.4. The molecule has 232 valence electrons. The number of ether oxygens (including phenoxy) is 1. The Morgan fingerprint density at radius 2 is 1.39 bits per heavy atom. The van der Waals surface area contributed by atoms with E-state index < -0.39 is 22.9 Å². The van der Waals surface area contributed by atoms with Crippen LogP contribution >= 0.6 is 0 Å². The normalized spacial score (nSPS) is 20.1. The van der Waals surface area contributed by atoms with Crippen molar-refractivity contribution >= 4 is 12.0 Å². The lowest BCUT2D eigenvalue weighted by Gasteiger charge is -2.38.